The topological polar surface area (TPSA) is 31.2 Å². The van der Waals surface area contributed by atoms with Crippen LogP contribution >= 0.6 is 11.5 Å². The summed E-state index contributed by atoms with van der Waals surface area (Å²) in [5.74, 6) is 0.706. The summed E-state index contributed by atoms with van der Waals surface area (Å²) >= 11 is 1.44. The van der Waals surface area contributed by atoms with E-state index >= 15 is 0 Å². The number of hydrogen-bond donors (Lipinski definition) is 0. The van der Waals surface area contributed by atoms with Crippen molar-refractivity contribution in [1.82, 2.24) is 3.96 Å². The molecule has 3 aromatic rings. The molecule has 2 aromatic carbocycles. The summed E-state index contributed by atoms with van der Waals surface area (Å²) in [6.45, 7) is 0. The van der Waals surface area contributed by atoms with Crippen molar-refractivity contribution < 1.29 is 4.74 Å². The maximum Gasteiger partial charge on any atom is 0.273 e. The minimum Gasteiger partial charge on any atom is -0.497 e. The number of aromatic nitrogens is 1. The summed E-state index contributed by atoms with van der Waals surface area (Å²) < 4.78 is 7.81. The highest BCUT2D eigenvalue weighted by molar-refractivity contribution is 7.14. The predicted molar refractivity (Wildman–Crippen MR) is 74.0 cm³/mol. The fourth-order valence-corrected chi connectivity index (χ4v) is 2.84. The van der Waals surface area contributed by atoms with Gasteiger partial charge in [0.2, 0.25) is 0 Å². The summed E-state index contributed by atoms with van der Waals surface area (Å²) in [5.41, 5.74) is 0.891. The van der Waals surface area contributed by atoms with Crippen LogP contribution in [0.2, 0.25) is 0 Å². The molecule has 0 saturated carbocycles. The van der Waals surface area contributed by atoms with E-state index in [2.05, 4.69) is 0 Å². The Balaban J connectivity index is 2.27. The summed E-state index contributed by atoms with van der Waals surface area (Å²) in [5, 5.41) is 0.697. The quantitative estimate of drug-likeness (QED) is 0.706. The van der Waals surface area contributed by atoms with Crippen molar-refractivity contribution in [2.45, 2.75) is 0 Å². The summed E-state index contributed by atoms with van der Waals surface area (Å²) in [6.07, 6.45) is 0. The van der Waals surface area contributed by atoms with Crippen LogP contribution in [0, 0.1) is 0 Å². The Labute approximate surface area is 108 Å². The molecule has 3 nitrogen and oxygen atoms in total. The summed E-state index contributed by atoms with van der Waals surface area (Å²) in [4.78, 5) is 12.3. The lowest BCUT2D eigenvalue weighted by molar-refractivity contribution is 0.415. The molecule has 0 aliphatic heterocycles. The highest BCUT2D eigenvalue weighted by atomic mass is 32.1. The lowest BCUT2D eigenvalue weighted by Crippen LogP contribution is -2.10. The largest absolute Gasteiger partial charge is 0.497 e. The maximum absolute atomic E-state index is 12.3. The van der Waals surface area contributed by atoms with Crippen molar-refractivity contribution in [2.24, 2.45) is 0 Å². The Kier molecular flexibility index (Phi) is 2.64. The number of nitrogens with zero attached hydrogens (tertiary/aromatic N) is 1. The molecule has 18 heavy (non-hydrogen) atoms. The first-order valence-electron chi connectivity index (χ1n) is 5.55. The van der Waals surface area contributed by atoms with Gasteiger partial charge in [0.1, 0.15) is 5.75 Å². The molecule has 0 saturated heterocycles. The zero-order valence-corrected chi connectivity index (χ0v) is 10.6. The minimum absolute atomic E-state index is 0.0000926. The van der Waals surface area contributed by atoms with Crippen LogP contribution in [0.1, 0.15) is 0 Å². The van der Waals surface area contributed by atoms with Crippen LogP contribution in [0.3, 0.4) is 0 Å². The Bertz CT molecular complexity index is 743. The second kappa shape index (κ2) is 4.31. The van der Waals surface area contributed by atoms with Crippen LogP contribution in [-0.2, 0) is 0 Å². The molecule has 0 N–H and O–H groups in total. The summed E-state index contributed by atoms with van der Waals surface area (Å²) in [6, 6.07) is 15.2. The molecule has 0 radical (unpaired) electrons. The number of fused-ring (bicyclic) bond motifs is 1. The van der Waals surface area contributed by atoms with Crippen LogP contribution in [0.5, 0.6) is 5.75 Å². The monoisotopic (exact) mass is 257 g/mol. The van der Waals surface area contributed by atoms with Gasteiger partial charge in [-0.2, -0.15) is 0 Å². The maximum atomic E-state index is 12.3. The van der Waals surface area contributed by atoms with E-state index in [9.17, 15) is 4.79 Å². The van der Waals surface area contributed by atoms with Gasteiger partial charge >= 0.3 is 0 Å². The molecule has 0 amide bonds. The first-order valence-corrected chi connectivity index (χ1v) is 6.32. The van der Waals surface area contributed by atoms with Crippen molar-refractivity contribution in [3.8, 4) is 11.4 Å². The SMILES string of the molecule is COc1ccc2sn(-c3ccccc3)c(=O)c2c1. The van der Waals surface area contributed by atoms with E-state index in [1.807, 2.05) is 42.5 Å². The van der Waals surface area contributed by atoms with Gasteiger partial charge in [0.15, 0.2) is 0 Å². The van der Waals surface area contributed by atoms with Gasteiger partial charge in [-0.3, -0.25) is 4.79 Å². The molecule has 0 aliphatic carbocycles. The van der Waals surface area contributed by atoms with Gasteiger partial charge in [-0.25, -0.2) is 3.96 Å². The van der Waals surface area contributed by atoms with Crippen molar-refractivity contribution in [2.75, 3.05) is 7.11 Å². The van der Waals surface area contributed by atoms with E-state index in [1.54, 1.807) is 17.1 Å². The van der Waals surface area contributed by atoms with Crippen LogP contribution in [0.25, 0.3) is 15.8 Å². The fraction of sp³-hybridized carbons (Fsp3) is 0.0714. The van der Waals surface area contributed by atoms with Gasteiger partial charge in [-0.15, -0.1) is 0 Å². The normalized spacial score (nSPS) is 10.7. The molecule has 4 heteroatoms. The third-order valence-electron chi connectivity index (χ3n) is 2.78. The molecule has 0 aliphatic rings. The lowest BCUT2D eigenvalue weighted by atomic mass is 10.2. The predicted octanol–water partition coefficient (Wildman–Crippen LogP) is 3.06. The van der Waals surface area contributed by atoms with Crippen LogP contribution < -0.4 is 10.3 Å². The average molecular weight is 257 g/mol. The Morgan fingerprint density at radius 2 is 1.89 bits per heavy atom. The smallest absolute Gasteiger partial charge is 0.273 e. The number of methoxy groups -OCH3 is 1. The van der Waals surface area contributed by atoms with E-state index in [0.29, 0.717) is 11.1 Å². The third-order valence-corrected chi connectivity index (χ3v) is 3.89. The Morgan fingerprint density at radius 3 is 2.61 bits per heavy atom. The highest BCUT2D eigenvalue weighted by Gasteiger charge is 2.09. The molecule has 0 bridgehead atoms. The standard InChI is InChI=1S/C14H11NO2S/c1-17-11-7-8-13-12(9-11)14(16)15(18-13)10-5-3-2-4-6-10/h2-9H,1H3. The van der Waals surface area contributed by atoms with Crippen LogP contribution in [-0.4, -0.2) is 11.1 Å². The Hall–Kier alpha value is -2.07. The minimum atomic E-state index is 0.0000926. The van der Waals surface area contributed by atoms with Crippen molar-refractivity contribution >= 4 is 21.6 Å². The lowest BCUT2D eigenvalue weighted by Gasteiger charge is -1.97. The first-order chi connectivity index (χ1) is 8.79. The fourth-order valence-electron chi connectivity index (χ4n) is 1.87. The number of hydrogen-bond acceptors (Lipinski definition) is 3. The number of benzene rings is 2. The molecule has 3 rings (SSSR count). The van der Waals surface area contributed by atoms with Crippen LogP contribution in [0.15, 0.2) is 53.3 Å². The molecule has 0 atom stereocenters. The zero-order valence-electron chi connectivity index (χ0n) is 9.79. The van der Waals surface area contributed by atoms with Crippen molar-refractivity contribution in [3.63, 3.8) is 0 Å². The second-order valence-electron chi connectivity index (χ2n) is 3.89. The first kappa shape index (κ1) is 11.0. The van der Waals surface area contributed by atoms with Gasteiger partial charge in [0.25, 0.3) is 5.56 Å². The molecule has 0 spiro atoms. The average Bonchev–Trinajstić information content (AvgIpc) is 2.77. The van der Waals surface area contributed by atoms with Gasteiger partial charge in [0.05, 0.1) is 22.9 Å². The van der Waals surface area contributed by atoms with Crippen LogP contribution in [0.4, 0.5) is 0 Å². The highest BCUT2D eigenvalue weighted by Crippen LogP contribution is 2.23. The third kappa shape index (κ3) is 1.71. The second-order valence-corrected chi connectivity index (χ2v) is 4.88. The molecular weight excluding hydrogens is 246 g/mol. The number of rotatable bonds is 2. The zero-order chi connectivity index (χ0) is 12.5. The van der Waals surface area contributed by atoms with E-state index in [4.69, 9.17) is 4.74 Å². The van der Waals surface area contributed by atoms with Crippen molar-refractivity contribution in [1.29, 1.82) is 0 Å². The van der Waals surface area contributed by atoms with E-state index in [0.717, 1.165) is 10.4 Å². The molecule has 1 heterocycles. The van der Waals surface area contributed by atoms with Gasteiger partial charge in [-0.05, 0) is 30.3 Å². The van der Waals surface area contributed by atoms with Gasteiger partial charge < -0.3 is 4.74 Å². The number of ether oxygens (including phenoxy) is 1. The molecule has 0 fully saturated rings. The molecular formula is C14H11NO2S. The molecule has 0 unspecified atom stereocenters. The van der Waals surface area contributed by atoms with Crippen molar-refractivity contribution in [3.05, 3.63) is 58.9 Å². The summed E-state index contributed by atoms with van der Waals surface area (Å²) in [7, 11) is 1.60. The molecule has 90 valence electrons. The van der Waals surface area contributed by atoms with Gasteiger partial charge in [0, 0.05) is 0 Å². The molecule has 1 aromatic heterocycles. The van der Waals surface area contributed by atoms with E-state index in [-0.39, 0.29) is 5.56 Å². The van der Waals surface area contributed by atoms with Gasteiger partial charge in [-0.1, -0.05) is 29.7 Å². The van der Waals surface area contributed by atoms with E-state index in [1.165, 1.54) is 11.5 Å². The van der Waals surface area contributed by atoms with E-state index < -0.39 is 0 Å². The Morgan fingerprint density at radius 1 is 1.11 bits per heavy atom. The number of para-hydroxylation sites is 1.